The molecule has 2 amide bonds. The Bertz CT molecular complexity index is 1660. The zero-order valence-electron chi connectivity index (χ0n) is 27.7. The van der Waals surface area contributed by atoms with Crippen LogP contribution in [0.15, 0.2) is 67.0 Å². The van der Waals surface area contributed by atoms with E-state index in [1.54, 1.807) is 14.0 Å². The first kappa shape index (κ1) is 34.4. The van der Waals surface area contributed by atoms with Crippen molar-refractivity contribution in [1.82, 2.24) is 35.1 Å². The number of nitrogens with zero attached hydrogens (tertiary/aromatic N) is 5. The molecule has 2 saturated heterocycles. The van der Waals surface area contributed by atoms with Crippen LogP contribution in [0.4, 0.5) is 5.82 Å². The number of benzene rings is 2. The van der Waals surface area contributed by atoms with Gasteiger partial charge in [0.15, 0.2) is 29.3 Å². The molecule has 0 saturated carbocycles. The zero-order valence-corrected chi connectivity index (χ0v) is 27.7. The van der Waals surface area contributed by atoms with Crippen LogP contribution in [-0.4, -0.2) is 117 Å². The summed E-state index contributed by atoms with van der Waals surface area (Å²) in [4.78, 5) is 42.1. The van der Waals surface area contributed by atoms with Crippen LogP contribution in [0.3, 0.4) is 0 Å². The average molecular weight is 673 g/mol. The van der Waals surface area contributed by atoms with E-state index in [2.05, 4.69) is 60.1 Å². The van der Waals surface area contributed by atoms with Crippen molar-refractivity contribution < 1.29 is 29.3 Å². The summed E-state index contributed by atoms with van der Waals surface area (Å²) >= 11 is 0. The molecule has 14 heteroatoms. The zero-order chi connectivity index (χ0) is 34.3. The van der Waals surface area contributed by atoms with Gasteiger partial charge in [-0.05, 0) is 30.9 Å². The van der Waals surface area contributed by atoms with E-state index in [-0.39, 0.29) is 23.5 Å². The molecule has 260 valence electrons. The van der Waals surface area contributed by atoms with Crippen molar-refractivity contribution in [3.8, 4) is 0 Å². The fourth-order valence-electron chi connectivity index (χ4n) is 6.48. The first-order valence-electron chi connectivity index (χ1n) is 16.8. The van der Waals surface area contributed by atoms with Gasteiger partial charge >= 0.3 is 0 Å². The summed E-state index contributed by atoms with van der Waals surface area (Å²) in [5.41, 5.74) is 2.73. The number of piperidine rings is 1. The third-order valence-electron chi connectivity index (χ3n) is 9.21. The Hall–Kier alpha value is -4.47. The molecular formula is C35H44N8O6. The molecule has 5 N–H and O–H groups in total. The molecule has 4 aromatic rings. The Labute approximate surface area is 284 Å². The van der Waals surface area contributed by atoms with E-state index in [9.17, 15) is 19.8 Å². The SMILES string of the molecule is CCNC(=O)[C@H]1O[C@@H](n2cnc3c(NCC(c4ccccc4)c4ccccc4)nc(C(=O)NCCN4CCC(OC)CC4)nc32)[C@@H](O)[C@@H]1O. The number of anilines is 1. The molecule has 0 bridgehead atoms. The molecular weight excluding hydrogens is 628 g/mol. The number of carbonyl (C=O) groups excluding carboxylic acids is 2. The number of likely N-dealkylation sites (N-methyl/N-ethyl adjacent to an activating group) is 1. The molecule has 2 fully saturated rings. The van der Waals surface area contributed by atoms with Gasteiger partial charge in [0.05, 0.1) is 12.4 Å². The fraction of sp³-hybridized carbons (Fsp3) is 0.457. The number of carbonyl (C=O) groups is 2. The predicted molar refractivity (Wildman–Crippen MR) is 182 cm³/mol. The highest BCUT2D eigenvalue weighted by Crippen LogP contribution is 2.33. The Kier molecular flexibility index (Phi) is 11.1. The highest BCUT2D eigenvalue weighted by atomic mass is 16.6. The van der Waals surface area contributed by atoms with Crippen LogP contribution in [0.25, 0.3) is 11.2 Å². The number of rotatable bonds is 13. The van der Waals surface area contributed by atoms with Crippen molar-refractivity contribution in [3.63, 3.8) is 0 Å². The number of ether oxygens (including phenoxy) is 2. The summed E-state index contributed by atoms with van der Waals surface area (Å²) in [5.74, 6) is -0.848. The maximum absolute atomic E-state index is 13.5. The van der Waals surface area contributed by atoms with Gasteiger partial charge in [-0.3, -0.25) is 14.2 Å². The maximum atomic E-state index is 13.5. The van der Waals surface area contributed by atoms with Crippen molar-refractivity contribution in [2.45, 2.75) is 56.3 Å². The van der Waals surface area contributed by atoms with Crippen LogP contribution >= 0.6 is 0 Å². The molecule has 0 unspecified atom stereocenters. The highest BCUT2D eigenvalue weighted by molar-refractivity contribution is 5.94. The van der Waals surface area contributed by atoms with Gasteiger partial charge in [0.2, 0.25) is 5.82 Å². The molecule has 4 heterocycles. The van der Waals surface area contributed by atoms with Gasteiger partial charge in [-0.15, -0.1) is 0 Å². The molecule has 4 atom stereocenters. The van der Waals surface area contributed by atoms with Crippen LogP contribution in [0.5, 0.6) is 0 Å². The first-order valence-corrected chi connectivity index (χ1v) is 16.8. The Balaban J connectivity index is 1.29. The minimum atomic E-state index is -1.48. The van der Waals surface area contributed by atoms with E-state index in [0.29, 0.717) is 37.5 Å². The fourth-order valence-corrected chi connectivity index (χ4v) is 6.48. The van der Waals surface area contributed by atoms with Gasteiger partial charge in [0.25, 0.3) is 11.8 Å². The monoisotopic (exact) mass is 672 g/mol. The summed E-state index contributed by atoms with van der Waals surface area (Å²) < 4.78 is 12.8. The topological polar surface area (TPSA) is 176 Å². The molecule has 0 radical (unpaired) electrons. The predicted octanol–water partition coefficient (Wildman–Crippen LogP) is 1.67. The molecule has 0 spiro atoms. The van der Waals surface area contributed by atoms with E-state index in [1.807, 2.05) is 36.4 Å². The second kappa shape index (κ2) is 15.8. The largest absolute Gasteiger partial charge is 0.387 e. The third-order valence-corrected chi connectivity index (χ3v) is 9.21. The minimum absolute atomic E-state index is 0.0537. The first-order chi connectivity index (χ1) is 23.9. The van der Waals surface area contributed by atoms with Crippen LogP contribution < -0.4 is 16.0 Å². The van der Waals surface area contributed by atoms with Gasteiger partial charge < -0.3 is 40.5 Å². The summed E-state index contributed by atoms with van der Waals surface area (Å²) in [5, 5.41) is 30.7. The number of likely N-dealkylation sites (tertiary alicyclic amines) is 1. The lowest BCUT2D eigenvalue weighted by Gasteiger charge is -2.31. The number of hydrogen-bond acceptors (Lipinski definition) is 11. The Morgan fingerprint density at radius 1 is 0.980 bits per heavy atom. The number of aliphatic hydroxyl groups excluding tert-OH is 2. The summed E-state index contributed by atoms with van der Waals surface area (Å²) in [6, 6.07) is 20.2. The van der Waals surface area contributed by atoms with Crippen LogP contribution in [0, 0.1) is 0 Å². The molecule has 2 aromatic heterocycles. The van der Waals surface area contributed by atoms with E-state index >= 15 is 0 Å². The summed E-state index contributed by atoms with van der Waals surface area (Å²) in [6.45, 7) is 5.35. The molecule has 6 rings (SSSR count). The lowest BCUT2D eigenvalue weighted by atomic mass is 9.91. The quantitative estimate of drug-likeness (QED) is 0.140. The van der Waals surface area contributed by atoms with Gasteiger partial charge in [0, 0.05) is 52.3 Å². The van der Waals surface area contributed by atoms with Gasteiger partial charge in [-0.25, -0.2) is 15.0 Å². The van der Waals surface area contributed by atoms with E-state index in [4.69, 9.17) is 9.47 Å². The van der Waals surface area contributed by atoms with E-state index in [1.165, 1.54) is 10.9 Å². The summed E-state index contributed by atoms with van der Waals surface area (Å²) in [6.07, 6.45) is -1.87. The van der Waals surface area contributed by atoms with Crippen LogP contribution in [-0.2, 0) is 14.3 Å². The van der Waals surface area contributed by atoms with Crippen molar-refractivity contribution in [3.05, 3.63) is 83.9 Å². The number of aliphatic hydroxyl groups is 2. The van der Waals surface area contributed by atoms with Crippen LogP contribution in [0.1, 0.15) is 53.7 Å². The summed E-state index contributed by atoms with van der Waals surface area (Å²) in [7, 11) is 1.74. The third kappa shape index (κ3) is 7.73. The highest BCUT2D eigenvalue weighted by Gasteiger charge is 2.47. The number of imidazole rings is 1. The minimum Gasteiger partial charge on any atom is -0.387 e. The number of hydrogen-bond donors (Lipinski definition) is 5. The van der Waals surface area contributed by atoms with Gasteiger partial charge in [-0.2, -0.15) is 0 Å². The van der Waals surface area contributed by atoms with Crippen LogP contribution in [0.2, 0.25) is 0 Å². The Morgan fingerprint density at radius 3 is 2.29 bits per heavy atom. The number of amides is 2. The molecule has 2 aliphatic rings. The van der Waals surface area contributed by atoms with E-state index < -0.39 is 36.4 Å². The lowest BCUT2D eigenvalue weighted by molar-refractivity contribution is -0.137. The van der Waals surface area contributed by atoms with E-state index in [0.717, 1.165) is 37.1 Å². The molecule has 0 aliphatic carbocycles. The second-order valence-electron chi connectivity index (χ2n) is 12.3. The second-order valence-corrected chi connectivity index (χ2v) is 12.3. The molecule has 14 nitrogen and oxygen atoms in total. The number of aromatic nitrogens is 4. The number of fused-ring (bicyclic) bond motifs is 1. The van der Waals surface area contributed by atoms with Crippen molar-refractivity contribution in [2.24, 2.45) is 0 Å². The standard InChI is InChI=1S/C35H44N8O6/c1-3-36-33(46)29-27(44)28(45)35(49-29)43-21-39-26-30(38-20-25(22-10-6-4-7-11-22)23-12-8-5-9-13-23)40-31(41-32(26)43)34(47)37-16-19-42-17-14-24(48-2)15-18-42/h4-13,21,24-25,27-29,35,44-45H,3,14-20H2,1-2H3,(H,36,46)(H,37,47)(H,38,40,41)/t27-,28-,29-,35+/m0/s1. The van der Waals surface area contributed by atoms with Gasteiger partial charge in [0.1, 0.15) is 12.2 Å². The normalized spacial score (nSPS) is 21.7. The van der Waals surface area contributed by atoms with Gasteiger partial charge in [-0.1, -0.05) is 60.7 Å². The molecule has 2 aromatic carbocycles. The Morgan fingerprint density at radius 2 is 1.65 bits per heavy atom. The smallest absolute Gasteiger partial charge is 0.289 e. The number of nitrogens with one attached hydrogen (secondary N) is 3. The maximum Gasteiger partial charge on any atom is 0.289 e. The number of methoxy groups -OCH3 is 1. The average Bonchev–Trinajstić information content (AvgIpc) is 3.69. The van der Waals surface area contributed by atoms with Crippen molar-refractivity contribution in [2.75, 3.05) is 51.7 Å². The van der Waals surface area contributed by atoms with Crippen molar-refractivity contribution >= 4 is 28.8 Å². The lowest BCUT2D eigenvalue weighted by Crippen LogP contribution is -2.42. The van der Waals surface area contributed by atoms with Crippen molar-refractivity contribution in [1.29, 1.82) is 0 Å². The molecule has 49 heavy (non-hydrogen) atoms. The molecule has 2 aliphatic heterocycles.